The van der Waals surface area contributed by atoms with Crippen molar-refractivity contribution >= 4 is 29.7 Å². The van der Waals surface area contributed by atoms with E-state index < -0.39 is 24.3 Å². The van der Waals surface area contributed by atoms with Crippen LogP contribution in [-0.4, -0.2) is 61.0 Å². The molecule has 12 nitrogen and oxygen atoms in total. The van der Waals surface area contributed by atoms with Crippen LogP contribution in [0.5, 0.6) is 0 Å². The Labute approximate surface area is 304 Å². The lowest BCUT2D eigenvalue weighted by Crippen LogP contribution is -2.41. The number of nitrogens with zero attached hydrogens (tertiary/aromatic N) is 3. The van der Waals surface area contributed by atoms with Crippen LogP contribution in [0, 0.1) is 0 Å². The Bertz CT molecular complexity index is 1990. The highest BCUT2D eigenvalue weighted by atomic mass is 32.2. The first kappa shape index (κ1) is 35.1. The van der Waals surface area contributed by atoms with Crippen molar-refractivity contribution in [3.05, 3.63) is 137 Å². The number of carbonyl (C=O) groups is 3. The maximum atomic E-state index is 13.2. The zero-order valence-electron chi connectivity index (χ0n) is 28.1. The first-order chi connectivity index (χ1) is 25.4. The average molecular weight is 720 g/mol. The average Bonchev–Trinajstić information content (AvgIpc) is 3.81. The SMILES string of the molecule is O=C(NC1CC(=O)N(Cc2cccc(-c3cccc(C4OC(CSc5ncn[nH]5)CC(c5ccc(CO)cc5)O4)c3)c2)C1=O)OCc1ccccc1. The third kappa shape index (κ3) is 8.57. The molecule has 4 unspecified atom stereocenters. The molecule has 1 aromatic heterocycles. The minimum Gasteiger partial charge on any atom is -0.445 e. The van der Waals surface area contributed by atoms with Crippen LogP contribution in [0.1, 0.15) is 53.1 Å². The summed E-state index contributed by atoms with van der Waals surface area (Å²) in [6.07, 6.45) is 0.188. The Kier molecular flexibility index (Phi) is 11.0. The van der Waals surface area contributed by atoms with Gasteiger partial charge in [-0.1, -0.05) is 103 Å². The number of aromatic nitrogens is 3. The lowest BCUT2D eigenvalue weighted by atomic mass is 9.99. The molecule has 2 aliphatic rings. The number of hydrogen-bond acceptors (Lipinski definition) is 10. The van der Waals surface area contributed by atoms with E-state index >= 15 is 0 Å². The largest absolute Gasteiger partial charge is 0.445 e. The third-order valence-electron chi connectivity index (χ3n) is 8.92. The Hall–Kier alpha value is -5.34. The van der Waals surface area contributed by atoms with Gasteiger partial charge in [-0.15, -0.1) is 0 Å². The molecule has 0 radical (unpaired) electrons. The molecule has 2 fully saturated rings. The summed E-state index contributed by atoms with van der Waals surface area (Å²) in [6.45, 7) is 0.0936. The zero-order valence-corrected chi connectivity index (χ0v) is 28.9. The highest BCUT2D eigenvalue weighted by Crippen LogP contribution is 2.40. The number of benzene rings is 4. The number of amides is 3. The summed E-state index contributed by atoms with van der Waals surface area (Å²) in [5.41, 5.74) is 6.04. The maximum Gasteiger partial charge on any atom is 0.408 e. The molecule has 13 heteroatoms. The molecule has 0 spiro atoms. The van der Waals surface area contributed by atoms with Gasteiger partial charge in [-0.05, 0) is 45.5 Å². The van der Waals surface area contributed by atoms with Gasteiger partial charge in [-0.2, -0.15) is 5.10 Å². The molecule has 0 aliphatic carbocycles. The van der Waals surface area contributed by atoms with E-state index in [4.69, 9.17) is 14.2 Å². The monoisotopic (exact) mass is 719 g/mol. The Morgan fingerprint density at radius 1 is 0.904 bits per heavy atom. The molecule has 3 N–H and O–H groups in total. The van der Waals surface area contributed by atoms with Gasteiger partial charge in [-0.25, -0.2) is 9.78 Å². The van der Waals surface area contributed by atoms with E-state index in [1.54, 1.807) is 0 Å². The molecule has 266 valence electrons. The predicted molar refractivity (Wildman–Crippen MR) is 191 cm³/mol. The Morgan fingerprint density at radius 2 is 1.67 bits per heavy atom. The topological polar surface area (TPSA) is 156 Å². The summed E-state index contributed by atoms with van der Waals surface area (Å²) in [7, 11) is 0. The van der Waals surface area contributed by atoms with E-state index in [0.717, 1.165) is 38.9 Å². The molecule has 52 heavy (non-hydrogen) atoms. The molecular weight excluding hydrogens is 683 g/mol. The number of carbonyl (C=O) groups excluding carboxylic acids is 3. The molecule has 0 bridgehead atoms. The fourth-order valence-electron chi connectivity index (χ4n) is 6.22. The predicted octanol–water partition coefficient (Wildman–Crippen LogP) is 5.86. The Morgan fingerprint density at radius 3 is 2.44 bits per heavy atom. The summed E-state index contributed by atoms with van der Waals surface area (Å²) < 4.78 is 18.3. The fraction of sp³-hybridized carbons (Fsp3) is 0.256. The summed E-state index contributed by atoms with van der Waals surface area (Å²) in [6, 6.07) is 31.6. The van der Waals surface area contributed by atoms with Gasteiger partial charge in [0.25, 0.3) is 5.91 Å². The van der Waals surface area contributed by atoms with Crippen LogP contribution < -0.4 is 5.32 Å². The lowest BCUT2D eigenvalue weighted by Gasteiger charge is -2.36. The number of aliphatic hydroxyl groups is 1. The van der Waals surface area contributed by atoms with E-state index in [-0.39, 0.29) is 44.3 Å². The van der Waals surface area contributed by atoms with Gasteiger partial charge in [0.2, 0.25) is 5.91 Å². The number of nitrogens with one attached hydrogen (secondary N) is 2. The minimum absolute atomic E-state index is 0.0314. The molecule has 4 aromatic carbocycles. The van der Waals surface area contributed by atoms with Crippen LogP contribution >= 0.6 is 11.8 Å². The smallest absolute Gasteiger partial charge is 0.408 e. The van der Waals surface area contributed by atoms with Crippen LogP contribution in [0.25, 0.3) is 11.1 Å². The van der Waals surface area contributed by atoms with Crippen LogP contribution in [0.4, 0.5) is 4.79 Å². The van der Waals surface area contributed by atoms with Gasteiger partial charge in [0.1, 0.15) is 19.0 Å². The molecule has 5 aromatic rings. The van der Waals surface area contributed by atoms with E-state index in [1.807, 2.05) is 103 Å². The van der Waals surface area contributed by atoms with Crippen molar-refractivity contribution in [3.63, 3.8) is 0 Å². The molecule has 2 saturated heterocycles. The van der Waals surface area contributed by atoms with E-state index in [0.29, 0.717) is 17.3 Å². The first-order valence-electron chi connectivity index (χ1n) is 16.9. The molecule has 3 heterocycles. The van der Waals surface area contributed by atoms with Crippen molar-refractivity contribution in [2.45, 2.75) is 62.3 Å². The number of aliphatic hydroxyl groups excluding tert-OH is 1. The van der Waals surface area contributed by atoms with Crippen LogP contribution in [0.15, 0.2) is 115 Å². The van der Waals surface area contributed by atoms with Crippen LogP contribution in [0.3, 0.4) is 0 Å². The Balaban J connectivity index is 1.03. The fourth-order valence-corrected chi connectivity index (χ4v) is 7.02. The van der Waals surface area contributed by atoms with Crippen molar-refractivity contribution in [2.24, 2.45) is 0 Å². The van der Waals surface area contributed by atoms with Crippen molar-refractivity contribution in [3.8, 4) is 11.1 Å². The minimum atomic E-state index is -0.986. The van der Waals surface area contributed by atoms with E-state index in [1.165, 1.54) is 23.0 Å². The summed E-state index contributed by atoms with van der Waals surface area (Å²) in [5.74, 6) is -0.201. The van der Waals surface area contributed by atoms with Crippen molar-refractivity contribution in [1.29, 1.82) is 0 Å². The standard InChI is InChI=1S/C39H37N5O7S/c45-21-25-12-14-28(15-13-25)34-18-32(23-52-38-40-24-41-43-38)50-37(51-34)31-11-5-10-30(17-31)29-9-4-8-27(16-29)20-44-35(46)19-33(36(44)47)42-39(48)49-22-26-6-2-1-3-7-26/h1-17,24,32-34,37,45H,18-23H2,(H,42,48)(H,40,41,43). The second-order valence-corrected chi connectivity index (χ2v) is 13.6. The van der Waals surface area contributed by atoms with E-state index in [9.17, 15) is 19.5 Å². The molecule has 0 saturated carbocycles. The third-order valence-corrected chi connectivity index (χ3v) is 9.93. The molecule has 2 aliphatic heterocycles. The van der Waals surface area contributed by atoms with Gasteiger partial charge in [0.15, 0.2) is 11.4 Å². The number of alkyl carbamates (subject to hydrolysis) is 1. The normalized spacial score (nSPS) is 20.2. The maximum absolute atomic E-state index is 13.2. The quantitative estimate of drug-likeness (QED) is 0.106. The number of rotatable bonds is 12. The van der Waals surface area contributed by atoms with Crippen molar-refractivity contribution in [2.75, 3.05) is 5.75 Å². The van der Waals surface area contributed by atoms with Crippen molar-refractivity contribution < 1.29 is 33.7 Å². The van der Waals surface area contributed by atoms with Gasteiger partial charge in [-0.3, -0.25) is 19.6 Å². The first-order valence-corrected chi connectivity index (χ1v) is 17.9. The zero-order chi connectivity index (χ0) is 35.9. The summed E-state index contributed by atoms with van der Waals surface area (Å²) in [5, 5.41) is 19.6. The second-order valence-electron chi connectivity index (χ2n) is 12.6. The van der Waals surface area contributed by atoms with Crippen LogP contribution in [0.2, 0.25) is 0 Å². The lowest BCUT2D eigenvalue weighted by molar-refractivity contribution is -0.245. The summed E-state index contributed by atoms with van der Waals surface area (Å²) >= 11 is 1.53. The number of imide groups is 1. The summed E-state index contributed by atoms with van der Waals surface area (Å²) in [4.78, 5) is 43.9. The number of ether oxygens (including phenoxy) is 3. The number of thioether (sulfide) groups is 1. The van der Waals surface area contributed by atoms with E-state index in [2.05, 4.69) is 20.5 Å². The van der Waals surface area contributed by atoms with Crippen molar-refractivity contribution in [1.82, 2.24) is 25.4 Å². The van der Waals surface area contributed by atoms with Gasteiger partial charge >= 0.3 is 6.09 Å². The molecule has 3 amide bonds. The van der Waals surface area contributed by atoms with Gasteiger partial charge in [0, 0.05) is 17.7 Å². The number of H-pyrrole nitrogens is 1. The number of hydrogen-bond donors (Lipinski definition) is 3. The molecule has 7 rings (SSSR count). The highest BCUT2D eigenvalue weighted by molar-refractivity contribution is 7.99. The van der Waals surface area contributed by atoms with Gasteiger partial charge < -0.3 is 24.6 Å². The molecular formula is C39H37N5O7S. The highest BCUT2D eigenvalue weighted by Gasteiger charge is 2.40. The number of likely N-dealkylation sites (tertiary alicyclic amines) is 1. The van der Waals surface area contributed by atoms with Crippen LogP contribution in [-0.2, 0) is 43.6 Å². The van der Waals surface area contributed by atoms with Gasteiger partial charge in [0.05, 0.1) is 31.8 Å². The second kappa shape index (κ2) is 16.3. The number of aromatic amines is 1. The molecule has 4 atom stereocenters.